The smallest absolute Gasteiger partial charge is 0.371 e. The highest BCUT2D eigenvalue weighted by Gasteiger charge is 2.41. The minimum absolute atomic E-state index is 0.00618. The molecule has 1 aromatic carbocycles. The van der Waals surface area contributed by atoms with Crippen LogP contribution in [0.1, 0.15) is 37.8 Å². The fraction of sp³-hybridized carbons (Fsp3) is 0.600. The number of nitrogens with two attached hydrogens (primary N) is 1. The highest BCUT2D eigenvalue weighted by molar-refractivity contribution is 5.48. The molecular formula is C15H21F3N2. The second kappa shape index (κ2) is 6.04. The Morgan fingerprint density at radius 2 is 1.95 bits per heavy atom. The third kappa shape index (κ3) is 3.45. The monoisotopic (exact) mass is 286 g/mol. The summed E-state index contributed by atoms with van der Waals surface area (Å²) in [6, 6.07) is 7.59. The summed E-state index contributed by atoms with van der Waals surface area (Å²) in [5.41, 5.74) is 7.82. The molecule has 0 aliphatic carbocycles. The number of anilines is 1. The first kappa shape index (κ1) is 15.2. The number of alkyl halides is 3. The molecule has 1 heterocycles. The number of benzene rings is 1. The molecule has 112 valence electrons. The van der Waals surface area contributed by atoms with Crippen LogP contribution < -0.4 is 10.6 Å². The topological polar surface area (TPSA) is 29.3 Å². The quantitative estimate of drug-likeness (QED) is 0.913. The van der Waals surface area contributed by atoms with Gasteiger partial charge in [-0.05, 0) is 37.0 Å². The van der Waals surface area contributed by atoms with Gasteiger partial charge >= 0.3 is 6.18 Å². The van der Waals surface area contributed by atoms with Gasteiger partial charge in [-0.1, -0.05) is 19.1 Å². The van der Waals surface area contributed by atoms with Crippen LogP contribution in [-0.2, 0) is 0 Å². The molecule has 2 rings (SSSR count). The van der Waals surface area contributed by atoms with E-state index >= 15 is 0 Å². The first-order valence-electron chi connectivity index (χ1n) is 7.09. The van der Waals surface area contributed by atoms with Crippen molar-refractivity contribution in [3.8, 4) is 0 Å². The van der Waals surface area contributed by atoms with E-state index in [-0.39, 0.29) is 19.0 Å². The van der Waals surface area contributed by atoms with Gasteiger partial charge in [-0.15, -0.1) is 0 Å². The third-order valence-corrected chi connectivity index (χ3v) is 4.01. The molecule has 2 atom stereocenters. The molecule has 0 saturated carbocycles. The number of nitrogens with zero attached hydrogens (tertiary/aromatic N) is 1. The Labute approximate surface area is 117 Å². The van der Waals surface area contributed by atoms with E-state index in [4.69, 9.17) is 5.73 Å². The summed E-state index contributed by atoms with van der Waals surface area (Å²) in [5.74, 6) is -1.21. The zero-order chi connectivity index (χ0) is 14.8. The van der Waals surface area contributed by atoms with Crippen molar-refractivity contribution in [3.63, 3.8) is 0 Å². The van der Waals surface area contributed by atoms with E-state index in [0.717, 1.165) is 17.7 Å². The maximum Gasteiger partial charge on any atom is 0.393 e. The molecule has 1 saturated heterocycles. The van der Waals surface area contributed by atoms with Gasteiger partial charge in [-0.25, -0.2) is 0 Å². The molecule has 5 heteroatoms. The summed E-state index contributed by atoms with van der Waals surface area (Å²) in [7, 11) is 0. The molecule has 1 fully saturated rings. The summed E-state index contributed by atoms with van der Waals surface area (Å²) in [5, 5.41) is 0. The third-order valence-electron chi connectivity index (χ3n) is 4.01. The molecule has 2 N–H and O–H groups in total. The molecule has 1 aliphatic heterocycles. The van der Waals surface area contributed by atoms with Crippen LogP contribution in [0.3, 0.4) is 0 Å². The van der Waals surface area contributed by atoms with Gasteiger partial charge in [0, 0.05) is 24.8 Å². The number of halogens is 3. The number of rotatable bonds is 3. The summed E-state index contributed by atoms with van der Waals surface area (Å²) in [6.07, 6.45) is -2.43. The van der Waals surface area contributed by atoms with Gasteiger partial charge in [0.1, 0.15) is 0 Å². The largest absolute Gasteiger partial charge is 0.393 e. The lowest BCUT2D eigenvalue weighted by molar-refractivity contribution is -0.175. The molecule has 1 unspecified atom stereocenters. The molecule has 2 nitrogen and oxygen atoms in total. The molecule has 0 amide bonds. The maximum absolute atomic E-state index is 12.8. The Balaban J connectivity index is 2.07. The molecule has 0 aromatic heterocycles. The van der Waals surface area contributed by atoms with Crippen LogP contribution in [0, 0.1) is 5.92 Å². The van der Waals surface area contributed by atoms with Crippen molar-refractivity contribution < 1.29 is 13.2 Å². The van der Waals surface area contributed by atoms with Gasteiger partial charge in [-0.3, -0.25) is 0 Å². The van der Waals surface area contributed by atoms with Crippen LogP contribution in [0.25, 0.3) is 0 Å². The molecule has 0 spiro atoms. The first-order valence-corrected chi connectivity index (χ1v) is 7.09. The average Bonchev–Trinajstić information content (AvgIpc) is 2.46. The summed E-state index contributed by atoms with van der Waals surface area (Å²) in [4.78, 5) is 1.82. The average molecular weight is 286 g/mol. The lowest BCUT2D eigenvalue weighted by Gasteiger charge is -2.35. The zero-order valence-corrected chi connectivity index (χ0v) is 11.7. The fourth-order valence-electron chi connectivity index (χ4n) is 2.65. The van der Waals surface area contributed by atoms with Gasteiger partial charge in [0.05, 0.1) is 5.92 Å². The van der Waals surface area contributed by atoms with E-state index in [9.17, 15) is 13.2 Å². The predicted octanol–water partition coefficient (Wildman–Crippen LogP) is 3.88. The number of piperidine rings is 1. The molecule has 1 aliphatic rings. The van der Waals surface area contributed by atoms with Crippen LogP contribution in [0.5, 0.6) is 0 Å². The van der Waals surface area contributed by atoms with Gasteiger partial charge in [0.25, 0.3) is 0 Å². The van der Waals surface area contributed by atoms with E-state index in [0.29, 0.717) is 13.0 Å². The van der Waals surface area contributed by atoms with Crippen LogP contribution in [0.2, 0.25) is 0 Å². The Kier molecular flexibility index (Phi) is 4.58. The normalized spacial score (nSPS) is 21.9. The summed E-state index contributed by atoms with van der Waals surface area (Å²) >= 11 is 0. The van der Waals surface area contributed by atoms with E-state index < -0.39 is 12.1 Å². The Hall–Kier alpha value is -1.23. The molecule has 0 radical (unpaired) electrons. The SMILES string of the molecule is CC[C@@H](N)c1ccc(N2CCCC(C(F)(F)F)C2)cc1. The van der Waals surface area contributed by atoms with Crippen LogP contribution >= 0.6 is 0 Å². The van der Waals surface area contributed by atoms with E-state index in [1.54, 1.807) is 0 Å². The van der Waals surface area contributed by atoms with Gasteiger partial charge in [0.2, 0.25) is 0 Å². The Bertz CT molecular complexity index is 428. The summed E-state index contributed by atoms with van der Waals surface area (Å²) in [6.45, 7) is 2.76. The van der Waals surface area contributed by atoms with E-state index in [2.05, 4.69) is 0 Å². The number of hydrogen-bond donors (Lipinski definition) is 1. The summed E-state index contributed by atoms with van der Waals surface area (Å²) < 4.78 is 38.4. The fourth-order valence-corrected chi connectivity index (χ4v) is 2.65. The van der Waals surface area contributed by atoms with Gasteiger partial charge in [-0.2, -0.15) is 13.2 Å². The second-order valence-electron chi connectivity index (χ2n) is 5.43. The van der Waals surface area contributed by atoms with Crippen LogP contribution in [0.15, 0.2) is 24.3 Å². The highest BCUT2D eigenvalue weighted by Crippen LogP contribution is 2.34. The van der Waals surface area contributed by atoms with Crippen molar-refractivity contribution in [1.29, 1.82) is 0 Å². The van der Waals surface area contributed by atoms with Crippen LogP contribution in [0.4, 0.5) is 18.9 Å². The van der Waals surface area contributed by atoms with Crippen molar-refractivity contribution in [2.75, 3.05) is 18.0 Å². The predicted molar refractivity (Wildman–Crippen MR) is 74.7 cm³/mol. The van der Waals surface area contributed by atoms with Crippen molar-refractivity contribution >= 4 is 5.69 Å². The molecule has 0 bridgehead atoms. The molecule has 1 aromatic rings. The Morgan fingerprint density at radius 3 is 2.50 bits per heavy atom. The lowest BCUT2D eigenvalue weighted by Crippen LogP contribution is -2.41. The maximum atomic E-state index is 12.8. The lowest BCUT2D eigenvalue weighted by atomic mass is 9.96. The van der Waals surface area contributed by atoms with Crippen molar-refractivity contribution in [1.82, 2.24) is 0 Å². The van der Waals surface area contributed by atoms with E-state index in [1.807, 2.05) is 36.1 Å². The number of hydrogen-bond acceptors (Lipinski definition) is 2. The molecule has 20 heavy (non-hydrogen) atoms. The van der Waals surface area contributed by atoms with Crippen molar-refractivity contribution in [2.45, 2.75) is 38.4 Å². The zero-order valence-electron chi connectivity index (χ0n) is 11.7. The van der Waals surface area contributed by atoms with Crippen molar-refractivity contribution in [2.24, 2.45) is 11.7 Å². The van der Waals surface area contributed by atoms with Crippen molar-refractivity contribution in [3.05, 3.63) is 29.8 Å². The van der Waals surface area contributed by atoms with Crippen LogP contribution in [-0.4, -0.2) is 19.3 Å². The van der Waals surface area contributed by atoms with Gasteiger partial charge in [0.15, 0.2) is 0 Å². The van der Waals surface area contributed by atoms with E-state index in [1.165, 1.54) is 0 Å². The molecular weight excluding hydrogens is 265 g/mol. The van der Waals surface area contributed by atoms with Gasteiger partial charge < -0.3 is 10.6 Å². The second-order valence-corrected chi connectivity index (χ2v) is 5.43. The minimum atomic E-state index is -4.09. The Morgan fingerprint density at radius 1 is 1.30 bits per heavy atom. The highest BCUT2D eigenvalue weighted by atomic mass is 19.4. The first-order chi connectivity index (χ1) is 9.41. The minimum Gasteiger partial charge on any atom is -0.371 e. The standard InChI is InChI=1S/C15H21F3N2/c1-2-14(19)11-5-7-13(8-6-11)20-9-3-4-12(10-20)15(16,17)18/h5-8,12,14H,2-4,9-10,19H2,1H3/t12?,14-/m1/s1.